The minimum atomic E-state index is -1.09. The number of anilines is 3. The summed E-state index contributed by atoms with van der Waals surface area (Å²) in [7, 11) is 0.271. The van der Waals surface area contributed by atoms with Gasteiger partial charge in [0.2, 0.25) is 5.95 Å². The molecule has 3 atom stereocenters. The van der Waals surface area contributed by atoms with Gasteiger partial charge in [0.15, 0.2) is 0 Å². The molecule has 3 fully saturated rings. The number of aromatic nitrogens is 2. The van der Waals surface area contributed by atoms with Crippen molar-refractivity contribution >= 4 is 34.3 Å². The number of aryl methyl sites for hydroxylation is 3. The van der Waals surface area contributed by atoms with Crippen LogP contribution in [0.5, 0.6) is 0 Å². The maximum Gasteiger partial charge on any atom is 0.406 e. The molecule has 3 aliphatic heterocycles. The molecule has 2 aromatic rings. The van der Waals surface area contributed by atoms with Crippen LogP contribution in [0.4, 0.5) is 22.2 Å². The Morgan fingerprint density at radius 3 is 2.50 bits per heavy atom. The van der Waals surface area contributed by atoms with Crippen molar-refractivity contribution < 1.29 is 13.7 Å². The van der Waals surface area contributed by atoms with Crippen molar-refractivity contribution in [2.45, 2.75) is 42.5 Å². The van der Waals surface area contributed by atoms with Gasteiger partial charge in [-0.1, -0.05) is 6.07 Å². The molecule has 4 heterocycles. The fourth-order valence-electron chi connectivity index (χ4n) is 6.22. The summed E-state index contributed by atoms with van der Waals surface area (Å²) in [5.74, 6) is 3.20. The number of hydrogen-bond donors (Lipinski definition) is 2. The number of nitrogens with zero attached hydrogens (tertiary/aromatic N) is 4. The van der Waals surface area contributed by atoms with E-state index in [4.69, 9.17) is 14.7 Å². The molecule has 2 aliphatic carbocycles. The van der Waals surface area contributed by atoms with Crippen LogP contribution in [-0.2, 0) is 34.8 Å². The van der Waals surface area contributed by atoms with Gasteiger partial charge >= 0.3 is 6.09 Å². The van der Waals surface area contributed by atoms with Crippen LogP contribution in [-0.4, -0.2) is 71.4 Å². The summed E-state index contributed by atoms with van der Waals surface area (Å²) in [5, 5.41) is 6.35. The number of hydrogen-bond acceptors (Lipinski definition) is 8. The number of carbonyl (C=O) groups excluding carboxylic acids is 1. The van der Waals surface area contributed by atoms with Gasteiger partial charge in [-0.25, -0.2) is 9.78 Å². The molecule has 1 aromatic heterocycles. The lowest BCUT2D eigenvalue weighted by Gasteiger charge is -2.27. The SMILES string of the molecule is COC(=O)NCC1(Nc2nc(N3CC4CN(c5ccc6c(c5)CC6)CC4C3)nc3c2S(=O)CC3)CC1. The van der Waals surface area contributed by atoms with Crippen LogP contribution < -0.4 is 20.4 Å². The first kappa shape index (κ1) is 22.3. The molecule has 2 N–H and O–H groups in total. The van der Waals surface area contributed by atoms with E-state index in [-0.39, 0.29) is 5.54 Å². The second kappa shape index (κ2) is 8.33. The molecule has 190 valence electrons. The Labute approximate surface area is 213 Å². The minimum absolute atomic E-state index is 0.265. The fourth-order valence-corrected chi connectivity index (χ4v) is 7.52. The van der Waals surface area contributed by atoms with Crippen molar-refractivity contribution in [3.05, 3.63) is 35.0 Å². The predicted molar refractivity (Wildman–Crippen MR) is 138 cm³/mol. The largest absolute Gasteiger partial charge is 0.453 e. The zero-order valence-corrected chi connectivity index (χ0v) is 21.4. The van der Waals surface area contributed by atoms with Gasteiger partial charge in [0.1, 0.15) is 10.7 Å². The van der Waals surface area contributed by atoms with Crippen LogP contribution in [0.2, 0.25) is 0 Å². The summed E-state index contributed by atoms with van der Waals surface area (Å²) in [6, 6.07) is 6.99. The zero-order chi connectivity index (χ0) is 24.4. The van der Waals surface area contributed by atoms with E-state index in [1.165, 1.54) is 36.8 Å². The zero-order valence-electron chi connectivity index (χ0n) is 20.6. The minimum Gasteiger partial charge on any atom is -0.453 e. The van der Waals surface area contributed by atoms with Crippen LogP contribution in [0.1, 0.15) is 29.7 Å². The van der Waals surface area contributed by atoms with E-state index in [2.05, 4.69) is 38.6 Å². The highest BCUT2D eigenvalue weighted by Crippen LogP contribution is 2.42. The summed E-state index contributed by atoms with van der Waals surface area (Å²) in [5.41, 5.74) is 5.04. The Morgan fingerprint density at radius 1 is 1.08 bits per heavy atom. The summed E-state index contributed by atoms with van der Waals surface area (Å²) in [4.78, 5) is 27.1. The number of methoxy groups -OCH3 is 1. The number of benzene rings is 1. The van der Waals surface area contributed by atoms with Crippen LogP contribution in [0.3, 0.4) is 0 Å². The predicted octanol–water partition coefficient (Wildman–Crippen LogP) is 2.11. The molecule has 10 heteroatoms. The van der Waals surface area contributed by atoms with Gasteiger partial charge in [0.05, 0.1) is 29.1 Å². The number of rotatable bonds is 6. The molecular weight excluding hydrogens is 476 g/mol. The molecule has 3 unspecified atom stereocenters. The fraction of sp³-hybridized carbons (Fsp3) is 0.577. The van der Waals surface area contributed by atoms with Crippen molar-refractivity contribution in [3.63, 3.8) is 0 Å². The average molecular weight is 509 g/mol. The topological polar surface area (TPSA) is 99.7 Å². The maximum absolute atomic E-state index is 12.8. The van der Waals surface area contributed by atoms with Crippen molar-refractivity contribution in [1.82, 2.24) is 15.3 Å². The highest BCUT2D eigenvalue weighted by Gasteiger charge is 2.46. The molecule has 0 spiro atoms. The third-order valence-corrected chi connectivity index (χ3v) is 10.1. The molecule has 36 heavy (non-hydrogen) atoms. The van der Waals surface area contributed by atoms with Gasteiger partial charge in [-0.05, 0) is 48.9 Å². The smallest absolute Gasteiger partial charge is 0.406 e. The average Bonchev–Trinajstić information content (AvgIpc) is 3.14. The van der Waals surface area contributed by atoms with E-state index in [1.807, 2.05) is 0 Å². The number of ether oxygens (including phenoxy) is 1. The van der Waals surface area contributed by atoms with Gasteiger partial charge in [0.25, 0.3) is 0 Å². The monoisotopic (exact) mass is 508 g/mol. The second-order valence-corrected chi connectivity index (χ2v) is 12.5. The molecule has 9 nitrogen and oxygen atoms in total. The second-order valence-electron chi connectivity index (χ2n) is 11.0. The number of alkyl carbamates (subject to hydrolysis) is 1. The maximum atomic E-state index is 12.8. The molecule has 1 aromatic carbocycles. The van der Waals surface area contributed by atoms with Gasteiger partial charge in [0, 0.05) is 62.4 Å². The first-order valence-electron chi connectivity index (χ1n) is 13.0. The van der Waals surface area contributed by atoms with E-state index in [0.717, 1.165) is 55.6 Å². The number of carbonyl (C=O) groups is 1. The van der Waals surface area contributed by atoms with Gasteiger partial charge in [-0.3, -0.25) is 4.21 Å². The normalized spacial score (nSPS) is 26.6. The lowest BCUT2D eigenvalue weighted by Crippen LogP contribution is -2.39. The standard InChI is InChI=1S/C26H32N6O3S/c1-35-25(33)27-15-26(7-8-26)30-23-22-21(6-9-36(22)34)28-24(29-23)32-13-18-11-31(12-19(18)14-32)20-5-4-16-2-3-17(16)10-20/h4-5,10,18-19H,2-3,6-9,11-15H2,1H3,(H,27,33)(H,28,29,30). The molecule has 1 amide bonds. The van der Waals surface area contributed by atoms with Crippen LogP contribution >= 0.6 is 0 Å². The van der Waals surface area contributed by atoms with E-state index in [9.17, 15) is 9.00 Å². The summed E-state index contributed by atoms with van der Waals surface area (Å²) < 4.78 is 17.5. The lowest BCUT2D eigenvalue weighted by atomic mass is 9.88. The molecule has 1 saturated carbocycles. The Hall–Kier alpha value is -2.88. The Kier molecular flexibility index (Phi) is 5.16. The van der Waals surface area contributed by atoms with Crippen molar-refractivity contribution in [2.24, 2.45) is 11.8 Å². The van der Waals surface area contributed by atoms with Gasteiger partial charge in [-0.15, -0.1) is 0 Å². The summed E-state index contributed by atoms with van der Waals surface area (Å²) in [6.07, 6.45) is 4.56. The third kappa shape index (κ3) is 3.81. The molecule has 5 aliphatic rings. The summed E-state index contributed by atoms with van der Waals surface area (Å²) >= 11 is 0. The third-order valence-electron chi connectivity index (χ3n) is 8.66. The first-order valence-corrected chi connectivity index (χ1v) is 14.3. The van der Waals surface area contributed by atoms with Crippen molar-refractivity contribution in [3.8, 4) is 0 Å². The molecule has 0 bridgehead atoms. The van der Waals surface area contributed by atoms with Crippen LogP contribution in [0, 0.1) is 11.8 Å². The number of fused-ring (bicyclic) bond motifs is 3. The van der Waals surface area contributed by atoms with E-state index in [0.29, 0.717) is 36.4 Å². The van der Waals surface area contributed by atoms with Gasteiger partial charge in [-0.2, -0.15) is 4.98 Å². The molecule has 2 saturated heterocycles. The number of nitrogens with one attached hydrogen (secondary N) is 2. The van der Waals surface area contributed by atoms with Gasteiger partial charge < -0.3 is 25.2 Å². The first-order chi connectivity index (χ1) is 17.5. The highest BCUT2D eigenvalue weighted by molar-refractivity contribution is 7.85. The highest BCUT2D eigenvalue weighted by atomic mass is 32.2. The van der Waals surface area contributed by atoms with E-state index in [1.54, 1.807) is 0 Å². The number of amides is 1. The molecule has 0 radical (unpaired) electrons. The van der Waals surface area contributed by atoms with Crippen LogP contribution in [0.25, 0.3) is 0 Å². The van der Waals surface area contributed by atoms with Crippen LogP contribution in [0.15, 0.2) is 23.1 Å². The molecular formula is C26H32N6O3S. The Bertz CT molecular complexity index is 1250. The van der Waals surface area contributed by atoms with Crippen molar-refractivity contribution in [2.75, 3.05) is 60.7 Å². The Balaban J connectivity index is 1.08. The quantitative estimate of drug-likeness (QED) is 0.612. The Morgan fingerprint density at radius 2 is 1.83 bits per heavy atom. The molecule has 7 rings (SSSR count). The van der Waals surface area contributed by atoms with Crippen molar-refractivity contribution in [1.29, 1.82) is 0 Å². The lowest BCUT2D eigenvalue weighted by molar-refractivity contribution is 0.170. The van der Waals surface area contributed by atoms with E-state index < -0.39 is 16.9 Å². The summed E-state index contributed by atoms with van der Waals surface area (Å²) in [6.45, 7) is 4.49. The van der Waals surface area contributed by atoms with E-state index >= 15 is 0 Å².